The first-order chi connectivity index (χ1) is 12.2. The molecule has 0 amide bonds. The summed E-state index contributed by atoms with van der Waals surface area (Å²) in [5, 5.41) is 22.2. The van der Waals surface area contributed by atoms with E-state index in [2.05, 4.69) is 22.0 Å². The predicted molar refractivity (Wildman–Crippen MR) is 95.4 cm³/mol. The SMILES string of the molecule is CC=C1[C@@H](O)N2[C@H]3C[C@@H]1[C@@H](CO)[C@@H]2Cc1c3[nH]c2ccc(OC)cc12. The highest BCUT2D eigenvalue weighted by Gasteiger charge is 2.56. The number of fused-ring (bicyclic) bond motifs is 4. The van der Waals surface area contributed by atoms with Gasteiger partial charge in [0.1, 0.15) is 12.0 Å². The van der Waals surface area contributed by atoms with Crippen molar-refractivity contribution in [3.8, 4) is 5.75 Å². The third-order valence-corrected chi connectivity index (χ3v) is 6.68. The quantitative estimate of drug-likeness (QED) is 0.734. The molecule has 6 rings (SSSR count). The molecule has 6 atom stereocenters. The van der Waals surface area contributed by atoms with E-state index >= 15 is 0 Å². The van der Waals surface area contributed by atoms with Crippen molar-refractivity contribution in [1.29, 1.82) is 0 Å². The van der Waals surface area contributed by atoms with Crippen LogP contribution in [0.4, 0.5) is 0 Å². The molecular formula is C20H24N2O3. The van der Waals surface area contributed by atoms with E-state index in [-0.39, 0.29) is 30.5 Å². The topological polar surface area (TPSA) is 68.7 Å². The first-order valence-corrected chi connectivity index (χ1v) is 9.08. The summed E-state index contributed by atoms with van der Waals surface area (Å²) in [6.45, 7) is 2.16. The van der Waals surface area contributed by atoms with E-state index in [9.17, 15) is 10.2 Å². The van der Waals surface area contributed by atoms with Gasteiger partial charge in [-0.05, 0) is 55.0 Å². The molecule has 2 aromatic rings. The lowest BCUT2D eigenvalue weighted by molar-refractivity contribution is -0.146. The number of H-pyrrole nitrogens is 1. The first kappa shape index (κ1) is 15.4. The second kappa shape index (κ2) is 5.34. The number of aromatic amines is 1. The molecule has 4 bridgehead atoms. The van der Waals surface area contributed by atoms with Gasteiger partial charge in [-0.3, -0.25) is 4.90 Å². The van der Waals surface area contributed by atoms with Crippen molar-refractivity contribution < 1.29 is 14.9 Å². The van der Waals surface area contributed by atoms with E-state index in [0.29, 0.717) is 0 Å². The molecule has 4 aliphatic heterocycles. The second-order valence-electron chi connectivity index (χ2n) is 7.51. The van der Waals surface area contributed by atoms with Gasteiger partial charge in [-0.15, -0.1) is 0 Å². The van der Waals surface area contributed by atoms with Crippen molar-refractivity contribution in [1.82, 2.24) is 9.88 Å². The molecule has 3 fully saturated rings. The van der Waals surface area contributed by atoms with Crippen molar-refractivity contribution >= 4 is 10.9 Å². The molecule has 132 valence electrons. The maximum Gasteiger partial charge on any atom is 0.130 e. The average Bonchev–Trinajstić information content (AvgIpc) is 2.99. The smallest absolute Gasteiger partial charge is 0.130 e. The highest BCUT2D eigenvalue weighted by molar-refractivity contribution is 5.86. The maximum atomic E-state index is 10.9. The summed E-state index contributed by atoms with van der Waals surface area (Å²) >= 11 is 0. The Kier molecular flexibility index (Phi) is 3.29. The van der Waals surface area contributed by atoms with Crippen molar-refractivity contribution in [2.75, 3.05) is 13.7 Å². The maximum absolute atomic E-state index is 10.9. The van der Waals surface area contributed by atoms with Crippen LogP contribution in [0.25, 0.3) is 10.9 Å². The minimum Gasteiger partial charge on any atom is -0.497 e. The van der Waals surface area contributed by atoms with Crippen LogP contribution in [0.5, 0.6) is 5.75 Å². The third kappa shape index (κ3) is 1.89. The molecule has 5 nitrogen and oxygen atoms in total. The molecule has 1 aromatic heterocycles. The number of aliphatic hydroxyl groups is 2. The van der Waals surface area contributed by atoms with Gasteiger partial charge in [0.25, 0.3) is 0 Å². The van der Waals surface area contributed by atoms with E-state index in [1.807, 2.05) is 19.1 Å². The van der Waals surface area contributed by atoms with Crippen LogP contribution in [-0.2, 0) is 6.42 Å². The molecule has 0 aliphatic carbocycles. The summed E-state index contributed by atoms with van der Waals surface area (Å²) in [7, 11) is 1.69. The minimum atomic E-state index is -0.532. The number of hydrogen-bond acceptors (Lipinski definition) is 4. The molecular weight excluding hydrogens is 316 g/mol. The van der Waals surface area contributed by atoms with Crippen molar-refractivity contribution in [2.45, 2.75) is 38.1 Å². The summed E-state index contributed by atoms with van der Waals surface area (Å²) in [6, 6.07) is 6.53. The number of piperidine rings is 3. The molecule has 4 aliphatic rings. The number of ether oxygens (including phenoxy) is 1. The van der Waals surface area contributed by atoms with Gasteiger partial charge in [-0.1, -0.05) is 6.08 Å². The minimum absolute atomic E-state index is 0.170. The molecule has 1 aromatic carbocycles. The Bertz CT molecular complexity index is 871. The third-order valence-electron chi connectivity index (χ3n) is 6.68. The van der Waals surface area contributed by atoms with Crippen LogP contribution in [0.2, 0.25) is 0 Å². The normalized spacial score (nSPS) is 37.5. The Morgan fingerprint density at radius 1 is 1.40 bits per heavy atom. The number of rotatable bonds is 2. The summed E-state index contributed by atoms with van der Waals surface area (Å²) in [5.41, 5.74) is 4.76. The van der Waals surface area contributed by atoms with E-state index in [0.717, 1.165) is 29.7 Å². The van der Waals surface area contributed by atoms with Crippen LogP contribution in [0.3, 0.4) is 0 Å². The summed E-state index contributed by atoms with van der Waals surface area (Å²) < 4.78 is 5.40. The fraction of sp³-hybridized carbons (Fsp3) is 0.500. The van der Waals surface area contributed by atoms with E-state index in [1.165, 1.54) is 16.6 Å². The lowest BCUT2D eigenvalue weighted by Crippen LogP contribution is -2.64. The van der Waals surface area contributed by atoms with Gasteiger partial charge in [0, 0.05) is 35.2 Å². The zero-order valence-corrected chi connectivity index (χ0v) is 14.6. The molecule has 3 N–H and O–H groups in total. The Balaban J connectivity index is 1.68. The molecule has 0 radical (unpaired) electrons. The largest absolute Gasteiger partial charge is 0.497 e. The Morgan fingerprint density at radius 2 is 2.24 bits per heavy atom. The van der Waals surface area contributed by atoms with Crippen molar-refractivity contribution in [3.05, 3.63) is 41.1 Å². The van der Waals surface area contributed by atoms with Crippen LogP contribution >= 0.6 is 0 Å². The summed E-state index contributed by atoms with van der Waals surface area (Å²) in [6.07, 6.45) is 3.32. The molecule has 5 heteroatoms. The van der Waals surface area contributed by atoms with Gasteiger partial charge in [0.15, 0.2) is 0 Å². The summed E-state index contributed by atoms with van der Waals surface area (Å²) in [5.74, 6) is 1.32. The number of methoxy groups -OCH3 is 1. The summed E-state index contributed by atoms with van der Waals surface area (Å²) in [4.78, 5) is 5.83. The van der Waals surface area contributed by atoms with Crippen molar-refractivity contribution in [2.24, 2.45) is 11.8 Å². The van der Waals surface area contributed by atoms with Crippen molar-refractivity contribution in [3.63, 3.8) is 0 Å². The lowest BCUT2D eigenvalue weighted by atomic mass is 9.63. The van der Waals surface area contributed by atoms with E-state index in [4.69, 9.17) is 4.74 Å². The highest BCUT2D eigenvalue weighted by Crippen LogP contribution is 2.55. The average molecular weight is 340 g/mol. The number of hydrogen-bond donors (Lipinski definition) is 3. The molecule has 5 heterocycles. The fourth-order valence-electron chi connectivity index (χ4n) is 5.58. The first-order valence-electron chi connectivity index (χ1n) is 9.08. The van der Waals surface area contributed by atoms with Gasteiger partial charge in [-0.25, -0.2) is 0 Å². The molecule has 0 saturated carbocycles. The monoisotopic (exact) mass is 340 g/mol. The molecule has 0 spiro atoms. The number of nitrogens with one attached hydrogen (secondary N) is 1. The van der Waals surface area contributed by atoms with Crippen LogP contribution in [-0.4, -0.2) is 46.1 Å². The van der Waals surface area contributed by atoms with E-state index < -0.39 is 6.23 Å². The highest BCUT2D eigenvalue weighted by atomic mass is 16.5. The Labute approximate surface area is 146 Å². The molecule has 25 heavy (non-hydrogen) atoms. The molecule has 3 saturated heterocycles. The van der Waals surface area contributed by atoms with Gasteiger partial charge >= 0.3 is 0 Å². The van der Waals surface area contributed by atoms with Gasteiger partial charge in [-0.2, -0.15) is 0 Å². The van der Waals surface area contributed by atoms with E-state index in [1.54, 1.807) is 7.11 Å². The Morgan fingerprint density at radius 3 is 2.96 bits per heavy atom. The number of nitrogens with zero attached hydrogens (tertiary/aromatic N) is 1. The van der Waals surface area contributed by atoms with Gasteiger partial charge in [0.2, 0.25) is 0 Å². The number of aromatic nitrogens is 1. The van der Waals surface area contributed by atoms with Crippen LogP contribution in [0, 0.1) is 11.8 Å². The number of benzene rings is 1. The lowest BCUT2D eigenvalue weighted by Gasteiger charge is -2.60. The number of aliphatic hydroxyl groups excluding tert-OH is 2. The zero-order valence-electron chi connectivity index (χ0n) is 14.6. The number of allylic oxidation sites excluding steroid dienone is 1. The van der Waals surface area contributed by atoms with Crippen LogP contribution in [0.1, 0.15) is 30.6 Å². The van der Waals surface area contributed by atoms with Crippen LogP contribution < -0.4 is 4.74 Å². The Hall–Kier alpha value is -1.82. The van der Waals surface area contributed by atoms with Crippen LogP contribution in [0.15, 0.2) is 29.8 Å². The second-order valence-corrected chi connectivity index (χ2v) is 7.51. The van der Waals surface area contributed by atoms with Gasteiger partial charge < -0.3 is 19.9 Å². The standard InChI is InChI=1S/C20H24N2O3/c1-3-11-12-7-18-19-14(8-17(15(12)9-23)22(18)20(11)24)13-6-10(25-2)4-5-16(13)21-19/h3-6,12,15,17-18,20-21,23-24H,7-9H2,1-2H3/t12-,15+,17-,18-,20+/m0/s1. The molecule has 1 unspecified atom stereocenters. The fourth-order valence-corrected chi connectivity index (χ4v) is 5.58. The zero-order chi connectivity index (χ0) is 17.3. The van der Waals surface area contributed by atoms with Gasteiger partial charge in [0.05, 0.1) is 13.2 Å². The predicted octanol–water partition coefficient (Wildman–Crippen LogP) is 2.35.